The van der Waals surface area contributed by atoms with Crippen LogP contribution in [0.1, 0.15) is 149 Å². The SMILES string of the molecule is CCCCCC=CCC=CCC=CCCCCC(=O)OCC(O)COC(=O)CCCCC=CCC=CCCCCCCC. The molecule has 0 saturated carbocycles. The zero-order valence-electron chi connectivity index (χ0n) is 27.7. The molecule has 0 aliphatic carbocycles. The summed E-state index contributed by atoms with van der Waals surface area (Å²) < 4.78 is 10.2. The van der Waals surface area contributed by atoms with Gasteiger partial charge in [0.25, 0.3) is 0 Å². The zero-order valence-corrected chi connectivity index (χ0v) is 27.7. The highest BCUT2D eigenvalue weighted by Crippen LogP contribution is 2.07. The predicted molar refractivity (Wildman–Crippen MR) is 182 cm³/mol. The maximum atomic E-state index is 11.9. The van der Waals surface area contributed by atoms with Crippen LogP contribution in [-0.4, -0.2) is 36.4 Å². The van der Waals surface area contributed by atoms with Crippen molar-refractivity contribution in [1.82, 2.24) is 0 Å². The van der Waals surface area contributed by atoms with Crippen LogP contribution >= 0.6 is 0 Å². The predicted octanol–water partition coefficient (Wildman–Crippen LogP) is 10.4. The molecule has 0 spiro atoms. The second kappa shape index (κ2) is 34.1. The fraction of sp³-hybridized carbons (Fsp3) is 0.684. The van der Waals surface area contributed by atoms with E-state index in [1.54, 1.807) is 0 Å². The minimum Gasteiger partial charge on any atom is -0.463 e. The van der Waals surface area contributed by atoms with Gasteiger partial charge in [0.05, 0.1) is 0 Å². The lowest BCUT2D eigenvalue weighted by Gasteiger charge is -2.12. The van der Waals surface area contributed by atoms with Gasteiger partial charge in [-0.25, -0.2) is 0 Å². The number of rotatable bonds is 30. The first-order valence-corrected chi connectivity index (χ1v) is 17.3. The highest BCUT2D eigenvalue weighted by molar-refractivity contribution is 5.69. The van der Waals surface area contributed by atoms with E-state index in [-0.39, 0.29) is 25.2 Å². The van der Waals surface area contributed by atoms with Gasteiger partial charge in [-0.05, 0) is 83.5 Å². The summed E-state index contributed by atoms with van der Waals surface area (Å²) in [4.78, 5) is 23.8. The Morgan fingerprint density at radius 2 is 0.814 bits per heavy atom. The Morgan fingerprint density at radius 1 is 0.488 bits per heavy atom. The maximum absolute atomic E-state index is 11.9. The largest absolute Gasteiger partial charge is 0.463 e. The molecular formula is C38H64O5. The summed E-state index contributed by atoms with van der Waals surface area (Å²) in [5, 5.41) is 9.96. The third-order valence-electron chi connectivity index (χ3n) is 6.98. The van der Waals surface area contributed by atoms with Crippen molar-refractivity contribution < 1.29 is 24.2 Å². The molecule has 0 aromatic carbocycles. The summed E-state index contributed by atoms with van der Waals surface area (Å²) in [6.45, 7) is 4.17. The van der Waals surface area contributed by atoms with Crippen molar-refractivity contribution in [3.63, 3.8) is 0 Å². The van der Waals surface area contributed by atoms with Crippen LogP contribution in [0.3, 0.4) is 0 Å². The van der Waals surface area contributed by atoms with Gasteiger partial charge in [0, 0.05) is 12.8 Å². The highest BCUT2D eigenvalue weighted by atomic mass is 16.6. The molecule has 246 valence electrons. The van der Waals surface area contributed by atoms with Gasteiger partial charge in [-0.1, -0.05) is 113 Å². The molecule has 0 radical (unpaired) electrons. The molecule has 0 aliphatic heterocycles. The maximum Gasteiger partial charge on any atom is 0.305 e. The molecule has 0 rings (SSSR count). The van der Waals surface area contributed by atoms with E-state index in [0.29, 0.717) is 12.8 Å². The van der Waals surface area contributed by atoms with Crippen molar-refractivity contribution in [3.8, 4) is 0 Å². The van der Waals surface area contributed by atoms with Gasteiger partial charge in [-0.15, -0.1) is 0 Å². The molecule has 5 heteroatoms. The van der Waals surface area contributed by atoms with E-state index in [9.17, 15) is 14.7 Å². The summed E-state index contributed by atoms with van der Waals surface area (Å²) in [6.07, 6.45) is 42.7. The van der Waals surface area contributed by atoms with Gasteiger partial charge in [0.15, 0.2) is 0 Å². The molecule has 0 aromatic rings. The van der Waals surface area contributed by atoms with Crippen LogP contribution in [0.2, 0.25) is 0 Å². The first-order chi connectivity index (χ1) is 21.1. The van der Waals surface area contributed by atoms with Crippen LogP contribution in [0.5, 0.6) is 0 Å². The van der Waals surface area contributed by atoms with Gasteiger partial charge in [-0.2, -0.15) is 0 Å². The third-order valence-corrected chi connectivity index (χ3v) is 6.98. The monoisotopic (exact) mass is 600 g/mol. The summed E-state index contributed by atoms with van der Waals surface area (Å²) in [6, 6.07) is 0. The Morgan fingerprint density at radius 3 is 1.23 bits per heavy atom. The van der Waals surface area contributed by atoms with Gasteiger partial charge in [0.2, 0.25) is 0 Å². The number of aliphatic hydroxyl groups is 1. The lowest BCUT2D eigenvalue weighted by Crippen LogP contribution is -2.25. The Labute approximate surface area is 264 Å². The second-order valence-electron chi connectivity index (χ2n) is 11.3. The first kappa shape index (κ1) is 40.6. The quantitative estimate of drug-likeness (QED) is 0.0504. The Kier molecular flexibility index (Phi) is 32.2. The molecule has 5 nitrogen and oxygen atoms in total. The van der Waals surface area contributed by atoms with Crippen LogP contribution in [0, 0.1) is 0 Å². The number of ether oxygens (including phenoxy) is 2. The van der Waals surface area contributed by atoms with Gasteiger partial charge >= 0.3 is 11.9 Å². The minimum absolute atomic E-state index is 0.147. The molecule has 1 unspecified atom stereocenters. The van der Waals surface area contributed by atoms with Crippen molar-refractivity contribution in [2.45, 2.75) is 155 Å². The van der Waals surface area contributed by atoms with Crippen LogP contribution in [0.25, 0.3) is 0 Å². The molecule has 1 N–H and O–H groups in total. The van der Waals surface area contributed by atoms with Crippen molar-refractivity contribution in [2.75, 3.05) is 13.2 Å². The zero-order chi connectivity index (χ0) is 31.5. The van der Waals surface area contributed by atoms with E-state index in [1.807, 2.05) is 0 Å². The standard InChI is InChI=1S/C38H64O5/c1-3-5-7-9-11-13-15-17-19-21-23-25-27-29-31-33-38(41)43-35-36(39)34-42-37(40)32-30-28-26-24-22-20-18-16-14-12-10-8-6-4-2/h11,13,16-19,22-25,36,39H,3-10,12,14-15,20-21,26-35H2,1-2H3. The number of carbonyl (C=O) groups is 2. The Balaban J connectivity index is 3.60. The number of carbonyl (C=O) groups excluding carboxylic acids is 2. The molecule has 0 bridgehead atoms. The van der Waals surface area contributed by atoms with Crippen molar-refractivity contribution in [3.05, 3.63) is 60.8 Å². The van der Waals surface area contributed by atoms with E-state index < -0.39 is 6.10 Å². The number of hydrogen-bond acceptors (Lipinski definition) is 5. The van der Waals surface area contributed by atoms with Crippen molar-refractivity contribution in [2.24, 2.45) is 0 Å². The molecule has 0 saturated heterocycles. The van der Waals surface area contributed by atoms with Gasteiger partial charge in [0.1, 0.15) is 19.3 Å². The van der Waals surface area contributed by atoms with Crippen molar-refractivity contribution >= 4 is 11.9 Å². The highest BCUT2D eigenvalue weighted by Gasteiger charge is 2.11. The number of allylic oxidation sites excluding steroid dienone is 10. The van der Waals surface area contributed by atoms with Crippen LogP contribution in [0.4, 0.5) is 0 Å². The van der Waals surface area contributed by atoms with Gasteiger partial charge in [-0.3, -0.25) is 9.59 Å². The molecule has 43 heavy (non-hydrogen) atoms. The van der Waals surface area contributed by atoms with E-state index in [0.717, 1.165) is 57.8 Å². The summed E-state index contributed by atoms with van der Waals surface area (Å²) in [5.41, 5.74) is 0. The van der Waals surface area contributed by atoms with Crippen LogP contribution in [-0.2, 0) is 19.1 Å². The van der Waals surface area contributed by atoms with E-state index in [2.05, 4.69) is 74.6 Å². The number of esters is 2. The second-order valence-corrected chi connectivity index (χ2v) is 11.3. The van der Waals surface area contributed by atoms with Gasteiger partial charge < -0.3 is 14.6 Å². The lowest BCUT2D eigenvalue weighted by molar-refractivity contribution is -0.152. The third kappa shape index (κ3) is 34.0. The van der Waals surface area contributed by atoms with E-state index in [4.69, 9.17) is 9.47 Å². The molecular weight excluding hydrogens is 536 g/mol. The average Bonchev–Trinajstić information content (AvgIpc) is 3.01. The smallest absolute Gasteiger partial charge is 0.305 e. The van der Waals surface area contributed by atoms with Crippen molar-refractivity contribution in [1.29, 1.82) is 0 Å². The number of aliphatic hydroxyl groups excluding tert-OH is 1. The molecule has 0 amide bonds. The summed E-state index contributed by atoms with van der Waals surface area (Å²) in [5.74, 6) is -0.652. The number of hydrogen-bond donors (Lipinski definition) is 1. The normalized spacial score (nSPS) is 12.9. The molecule has 0 aromatic heterocycles. The molecule has 1 atom stereocenters. The lowest BCUT2D eigenvalue weighted by atomic mass is 10.1. The van der Waals surface area contributed by atoms with Crippen LogP contribution < -0.4 is 0 Å². The summed E-state index contributed by atoms with van der Waals surface area (Å²) >= 11 is 0. The molecule has 0 aliphatic rings. The fourth-order valence-electron chi connectivity index (χ4n) is 4.30. The molecule has 0 fully saturated rings. The van der Waals surface area contributed by atoms with E-state index >= 15 is 0 Å². The Hall–Kier alpha value is -2.40. The first-order valence-electron chi connectivity index (χ1n) is 17.3. The average molecular weight is 601 g/mol. The fourth-order valence-corrected chi connectivity index (χ4v) is 4.30. The van der Waals surface area contributed by atoms with E-state index in [1.165, 1.54) is 64.2 Å². The van der Waals surface area contributed by atoms with Crippen LogP contribution in [0.15, 0.2) is 60.8 Å². The number of unbranched alkanes of at least 4 members (excludes halogenated alkanes) is 12. The summed E-state index contributed by atoms with van der Waals surface area (Å²) in [7, 11) is 0. The minimum atomic E-state index is -0.993. The Bertz CT molecular complexity index is 777. The topological polar surface area (TPSA) is 72.8 Å². The molecule has 0 heterocycles.